The average Bonchev–Trinajstić information content (AvgIpc) is 2.34. The summed E-state index contributed by atoms with van der Waals surface area (Å²) in [5.74, 6) is 0.833. The van der Waals surface area contributed by atoms with Crippen LogP contribution in [0.5, 0.6) is 0 Å². The van der Waals surface area contributed by atoms with Crippen molar-refractivity contribution in [3.05, 3.63) is 0 Å². The van der Waals surface area contributed by atoms with E-state index in [9.17, 15) is 4.79 Å². The van der Waals surface area contributed by atoms with Gasteiger partial charge in [-0.15, -0.1) is 0 Å². The maximum atomic E-state index is 11.9. The fraction of sp³-hybridized carbons (Fsp3) is 0.938. The zero-order chi connectivity index (χ0) is 12.3. The molecule has 1 aliphatic carbocycles. The summed E-state index contributed by atoms with van der Waals surface area (Å²) in [5.41, 5.74) is 0. The molecule has 0 aromatic rings. The van der Waals surface area contributed by atoms with Gasteiger partial charge in [0.05, 0.1) is 0 Å². The minimum Gasteiger partial charge on any atom is -0.299 e. The monoisotopic (exact) mass is 238 g/mol. The van der Waals surface area contributed by atoms with Gasteiger partial charge in [0, 0.05) is 12.3 Å². The van der Waals surface area contributed by atoms with Crippen LogP contribution in [0.1, 0.15) is 90.4 Å². The molecule has 0 aromatic carbocycles. The zero-order valence-corrected chi connectivity index (χ0v) is 11.7. The molecule has 17 heavy (non-hydrogen) atoms. The largest absolute Gasteiger partial charge is 0.299 e. The fourth-order valence-corrected chi connectivity index (χ4v) is 2.75. The Bertz CT molecular complexity index is 198. The highest BCUT2D eigenvalue weighted by molar-refractivity contribution is 5.80. The summed E-state index contributed by atoms with van der Waals surface area (Å²) in [4.78, 5) is 11.9. The highest BCUT2D eigenvalue weighted by Crippen LogP contribution is 2.18. The summed E-state index contributed by atoms with van der Waals surface area (Å²) >= 11 is 0. The van der Waals surface area contributed by atoms with Crippen LogP contribution in [0.2, 0.25) is 0 Å². The van der Waals surface area contributed by atoms with E-state index < -0.39 is 0 Å². The van der Waals surface area contributed by atoms with Crippen molar-refractivity contribution >= 4 is 5.78 Å². The molecule has 1 heteroatoms. The summed E-state index contributed by atoms with van der Waals surface area (Å²) in [7, 11) is 0. The molecule has 0 aliphatic heterocycles. The van der Waals surface area contributed by atoms with Gasteiger partial charge in [0.25, 0.3) is 0 Å². The SMILES string of the molecule is CC1CCCCCCCCCCCCCC1=O. The number of hydrogen-bond acceptors (Lipinski definition) is 1. The van der Waals surface area contributed by atoms with Crippen molar-refractivity contribution in [2.24, 2.45) is 5.92 Å². The molecule has 0 amide bonds. The first-order valence-corrected chi connectivity index (χ1v) is 7.83. The third-order valence-electron chi connectivity index (χ3n) is 4.11. The number of carbonyl (C=O) groups is 1. The molecule has 0 spiro atoms. The van der Waals surface area contributed by atoms with Crippen LogP contribution in [0.3, 0.4) is 0 Å². The Hall–Kier alpha value is -0.330. The summed E-state index contributed by atoms with van der Waals surface area (Å²) < 4.78 is 0. The second-order valence-electron chi connectivity index (χ2n) is 5.80. The van der Waals surface area contributed by atoms with Crippen LogP contribution in [0.15, 0.2) is 0 Å². The number of rotatable bonds is 0. The Morgan fingerprint density at radius 1 is 0.706 bits per heavy atom. The van der Waals surface area contributed by atoms with Gasteiger partial charge < -0.3 is 0 Å². The van der Waals surface area contributed by atoms with E-state index in [-0.39, 0.29) is 0 Å². The molecule has 1 nitrogen and oxygen atoms in total. The van der Waals surface area contributed by atoms with Gasteiger partial charge in [-0.05, 0) is 12.8 Å². The Labute approximate surface area is 107 Å². The first-order chi connectivity index (χ1) is 8.30. The fourth-order valence-electron chi connectivity index (χ4n) is 2.75. The van der Waals surface area contributed by atoms with E-state index in [1.54, 1.807) is 0 Å². The molecule has 0 aromatic heterocycles. The molecule has 0 bridgehead atoms. The van der Waals surface area contributed by atoms with E-state index in [2.05, 4.69) is 6.92 Å². The van der Waals surface area contributed by atoms with E-state index in [4.69, 9.17) is 0 Å². The summed E-state index contributed by atoms with van der Waals surface area (Å²) in [6.45, 7) is 2.13. The average molecular weight is 238 g/mol. The number of carbonyl (C=O) groups excluding carboxylic acids is 1. The van der Waals surface area contributed by atoms with Crippen molar-refractivity contribution in [1.29, 1.82) is 0 Å². The Balaban J connectivity index is 2.24. The van der Waals surface area contributed by atoms with Crippen molar-refractivity contribution < 1.29 is 4.79 Å². The van der Waals surface area contributed by atoms with E-state index in [0.717, 1.165) is 19.3 Å². The highest BCUT2D eigenvalue weighted by Gasteiger charge is 2.11. The quantitative estimate of drug-likeness (QED) is 0.561. The molecule has 1 aliphatic rings. The van der Waals surface area contributed by atoms with E-state index in [1.807, 2.05) is 0 Å². The van der Waals surface area contributed by atoms with Crippen LogP contribution < -0.4 is 0 Å². The third kappa shape index (κ3) is 7.57. The van der Waals surface area contributed by atoms with Crippen LogP contribution in [-0.2, 0) is 4.79 Å². The number of ketones is 1. The van der Waals surface area contributed by atoms with Crippen LogP contribution in [0, 0.1) is 5.92 Å². The lowest BCUT2D eigenvalue weighted by molar-refractivity contribution is -0.122. The first-order valence-electron chi connectivity index (χ1n) is 7.83. The minimum atomic E-state index is 0.320. The molecule has 100 valence electrons. The Morgan fingerprint density at radius 3 is 1.65 bits per heavy atom. The van der Waals surface area contributed by atoms with Crippen molar-refractivity contribution in [3.63, 3.8) is 0 Å². The maximum absolute atomic E-state index is 11.9. The maximum Gasteiger partial charge on any atom is 0.135 e. The lowest BCUT2D eigenvalue weighted by Crippen LogP contribution is -2.10. The molecular formula is C16H30O. The molecule has 1 atom stereocenters. The van der Waals surface area contributed by atoms with Crippen molar-refractivity contribution in [2.45, 2.75) is 90.4 Å². The summed E-state index contributed by atoms with van der Waals surface area (Å²) in [5, 5.41) is 0. The lowest BCUT2D eigenvalue weighted by Gasteiger charge is -2.09. The Morgan fingerprint density at radius 2 is 1.12 bits per heavy atom. The standard InChI is InChI=1S/C16H30O/c1-15-13-11-9-7-5-3-2-4-6-8-10-12-14-16(15)17/h15H,2-14H2,1H3. The minimum absolute atomic E-state index is 0.320. The molecular weight excluding hydrogens is 208 g/mol. The van der Waals surface area contributed by atoms with Crippen LogP contribution >= 0.6 is 0 Å². The lowest BCUT2D eigenvalue weighted by atomic mass is 9.95. The predicted octanol–water partition coefficient (Wildman–Crippen LogP) is 5.28. The van der Waals surface area contributed by atoms with Gasteiger partial charge in [-0.25, -0.2) is 0 Å². The molecule has 1 rings (SSSR count). The first kappa shape index (κ1) is 14.7. The number of hydrogen-bond donors (Lipinski definition) is 0. The van der Waals surface area contributed by atoms with Gasteiger partial charge in [-0.3, -0.25) is 4.79 Å². The molecule has 0 saturated heterocycles. The van der Waals surface area contributed by atoms with E-state index >= 15 is 0 Å². The van der Waals surface area contributed by atoms with Crippen molar-refractivity contribution in [3.8, 4) is 0 Å². The zero-order valence-electron chi connectivity index (χ0n) is 11.7. The molecule has 1 fully saturated rings. The van der Waals surface area contributed by atoms with Crippen molar-refractivity contribution in [1.82, 2.24) is 0 Å². The van der Waals surface area contributed by atoms with Gasteiger partial charge in [0.2, 0.25) is 0 Å². The molecule has 0 heterocycles. The smallest absolute Gasteiger partial charge is 0.135 e. The molecule has 0 N–H and O–H groups in total. The van der Waals surface area contributed by atoms with Gasteiger partial charge in [0.15, 0.2) is 0 Å². The Kier molecular flexibility index (Phi) is 8.38. The molecule has 1 unspecified atom stereocenters. The van der Waals surface area contributed by atoms with Gasteiger partial charge in [-0.2, -0.15) is 0 Å². The predicted molar refractivity (Wildman–Crippen MR) is 74.2 cm³/mol. The van der Waals surface area contributed by atoms with Crippen molar-refractivity contribution in [2.75, 3.05) is 0 Å². The van der Waals surface area contributed by atoms with Crippen LogP contribution in [0.4, 0.5) is 0 Å². The van der Waals surface area contributed by atoms with Crippen LogP contribution in [-0.4, -0.2) is 5.78 Å². The molecule has 1 saturated carbocycles. The van der Waals surface area contributed by atoms with E-state index in [1.165, 1.54) is 64.2 Å². The molecule has 0 radical (unpaired) electrons. The number of Topliss-reactive ketones (excluding diaryl/α,β-unsaturated/α-hetero) is 1. The highest BCUT2D eigenvalue weighted by atomic mass is 16.1. The summed E-state index contributed by atoms with van der Waals surface area (Å²) in [6, 6.07) is 0. The second kappa shape index (κ2) is 9.67. The van der Waals surface area contributed by atoms with Gasteiger partial charge >= 0.3 is 0 Å². The van der Waals surface area contributed by atoms with Crippen LogP contribution in [0.25, 0.3) is 0 Å². The second-order valence-corrected chi connectivity index (χ2v) is 5.80. The summed E-state index contributed by atoms with van der Waals surface area (Å²) in [6.07, 6.45) is 16.7. The normalized spacial score (nSPS) is 27.1. The third-order valence-corrected chi connectivity index (χ3v) is 4.11. The van der Waals surface area contributed by atoms with Gasteiger partial charge in [-0.1, -0.05) is 71.1 Å². The topological polar surface area (TPSA) is 17.1 Å². The van der Waals surface area contributed by atoms with E-state index in [0.29, 0.717) is 11.7 Å². The van der Waals surface area contributed by atoms with Gasteiger partial charge in [0.1, 0.15) is 5.78 Å².